The zero-order valence-electron chi connectivity index (χ0n) is 14.6. The van der Waals surface area contributed by atoms with E-state index in [1.54, 1.807) is 6.20 Å². The molecule has 28 heavy (non-hydrogen) atoms. The van der Waals surface area contributed by atoms with Crippen LogP contribution < -0.4 is 5.73 Å². The lowest BCUT2D eigenvalue weighted by molar-refractivity contribution is -0.119. The lowest BCUT2D eigenvalue weighted by Crippen LogP contribution is -2.23. The average molecular weight is 392 g/mol. The number of hydrogen-bond acceptors (Lipinski definition) is 3. The smallest absolute Gasteiger partial charge is 0.225 e. The highest BCUT2D eigenvalue weighted by molar-refractivity contribution is 6.70. The minimum atomic E-state index is -0.384. The second-order valence-corrected chi connectivity index (χ2v) is 6.99. The van der Waals surface area contributed by atoms with Crippen LogP contribution in [0.3, 0.4) is 0 Å². The number of nitrogens with zero attached hydrogens (tertiary/aromatic N) is 2. The second-order valence-electron chi connectivity index (χ2n) is 6.63. The Morgan fingerprint density at radius 1 is 1.07 bits per heavy atom. The van der Waals surface area contributed by atoms with Crippen LogP contribution in [-0.2, 0) is 17.8 Å². The number of amides is 1. The Morgan fingerprint density at radius 2 is 1.86 bits per heavy atom. The van der Waals surface area contributed by atoms with Gasteiger partial charge in [0.25, 0.3) is 0 Å². The zero-order valence-corrected chi connectivity index (χ0v) is 15.4. The summed E-state index contributed by atoms with van der Waals surface area (Å²) in [5.74, 6) is -0.725. The third-order valence-electron chi connectivity index (χ3n) is 4.83. The third-order valence-corrected chi connectivity index (χ3v) is 5.16. The number of aliphatic imine (C=N–C) groups is 1. The summed E-state index contributed by atoms with van der Waals surface area (Å²) in [6, 6.07) is 17.8. The van der Waals surface area contributed by atoms with E-state index in [1.807, 2.05) is 60.8 Å². The molecular formula is C23H22ClN3O. The molecule has 0 saturated carbocycles. The quantitative estimate of drug-likeness (QED) is 0.685. The van der Waals surface area contributed by atoms with Crippen molar-refractivity contribution in [3.05, 3.63) is 89.2 Å². The molecule has 0 aliphatic carbocycles. The highest BCUT2D eigenvalue weighted by Gasteiger charge is 2.19. The number of hydrogen-bond donors (Lipinski definition) is 1. The molecule has 1 aliphatic heterocycles. The third kappa shape index (κ3) is 3.97. The number of carbonyl (C=O) groups is 1. The van der Waals surface area contributed by atoms with Gasteiger partial charge in [-0.05, 0) is 40.8 Å². The van der Waals surface area contributed by atoms with Crippen molar-refractivity contribution in [2.75, 3.05) is 0 Å². The molecule has 2 N–H and O–H groups in total. The number of benzene rings is 2. The number of carbonyl (C=O) groups excluding carboxylic acids is 1. The van der Waals surface area contributed by atoms with E-state index >= 15 is 0 Å². The average Bonchev–Trinajstić information content (AvgIpc) is 3.07. The van der Waals surface area contributed by atoms with E-state index in [0.717, 1.165) is 33.4 Å². The molecule has 5 heteroatoms. The van der Waals surface area contributed by atoms with Gasteiger partial charge < -0.3 is 5.73 Å². The van der Waals surface area contributed by atoms with E-state index in [2.05, 4.69) is 9.98 Å². The van der Waals surface area contributed by atoms with Crippen molar-refractivity contribution < 1.29 is 4.79 Å². The van der Waals surface area contributed by atoms with Crippen LogP contribution in [0.1, 0.15) is 35.6 Å². The fraction of sp³-hybridized carbons (Fsp3) is 0.174. The van der Waals surface area contributed by atoms with Crippen molar-refractivity contribution in [1.82, 2.24) is 4.98 Å². The maximum atomic E-state index is 12.0. The second kappa shape index (κ2) is 8.36. The van der Waals surface area contributed by atoms with Crippen LogP contribution in [-0.4, -0.2) is 16.1 Å². The van der Waals surface area contributed by atoms with Crippen LogP contribution in [0.5, 0.6) is 0 Å². The molecule has 1 amide bonds. The fourth-order valence-corrected chi connectivity index (χ4v) is 3.62. The Balaban J connectivity index is 0.00000225. The molecule has 1 atom stereocenters. The van der Waals surface area contributed by atoms with Crippen molar-refractivity contribution in [3.63, 3.8) is 0 Å². The number of aromatic nitrogens is 1. The predicted octanol–water partition coefficient (Wildman–Crippen LogP) is 4.70. The highest BCUT2D eigenvalue weighted by Crippen LogP contribution is 2.29. The first-order chi connectivity index (χ1) is 13.1. The minimum absolute atomic E-state index is 0. The molecule has 3 aromatic rings. The number of primary amides is 1. The topological polar surface area (TPSA) is 68.3 Å². The van der Waals surface area contributed by atoms with Gasteiger partial charge in [0.05, 0.1) is 12.5 Å². The Labute approximate surface area is 170 Å². The van der Waals surface area contributed by atoms with Crippen LogP contribution in [0, 0.1) is 0 Å². The van der Waals surface area contributed by atoms with Gasteiger partial charge in [-0.3, -0.25) is 14.8 Å². The van der Waals surface area contributed by atoms with Crippen LogP contribution in [0.15, 0.2) is 72.0 Å². The molecule has 1 aromatic heterocycles. The molecule has 0 radical (unpaired) electrons. The van der Waals surface area contributed by atoms with Crippen molar-refractivity contribution >= 4 is 22.7 Å². The van der Waals surface area contributed by atoms with Gasteiger partial charge >= 0.3 is 0 Å². The van der Waals surface area contributed by atoms with E-state index in [9.17, 15) is 4.79 Å². The van der Waals surface area contributed by atoms with Gasteiger partial charge in [0, 0.05) is 23.5 Å². The summed E-state index contributed by atoms with van der Waals surface area (Å²) >= 11 is 6.19. The first-order valence-corrected chi connectivity index (χ1v) is 9.11. The summed E-state index contributed by atoms with van der Waals surface area (Å²) in [7, 11) is 0. The normalized spacial score (nSPS) is 13.2. The van der Waals surface area contributed by atoms with Gasteiger partial charge in [0.15, 0.2) is 0 Å². The summed E-state index contributed by atoms with van der Waals surface area (Å²) in [6.07, 6.45) is 4.10. The van der Waals surface area contributed by atoms with E-state index in [1.165, 1.54) is 0 Å². The summed E-state index contributed by atoms with van der Waals surface area (Å²) < 4.78 is 0. The molecule has 0 bridgehead atoms. The Bertz CT molecular complexity index is 1030. The van der Waals surface area contributed by atoms with Gasteiger partial charge in [-0.25, -0.2) is 0 Å². The molecule has 0 fully saturated rings. The van der Waals surface area contributed by atoms with Gasteiger partial charge in [-0.1, -0.05) is 61.5 Å². The Morgan fingerprint density at radius 3 is 2.61 bits per heavy atom. The van der Waals surface area contributed by atoms with Crippen molar-refractivity contribution in [2.45, 2.75) is 26.3 Å². The van der Waals surface area contributed by atoms with Gasteiger partial charge in [-0.2, -0.15) is 0 Å². The Hall–Kier alpha value is -2.98. The lowest BCUT2D eigenvalue weighted by Gasteiger charge is -2.14. The number of rotatable bonds is 5. The van der Waals surface area contributed by atoms with E-state index in [4.69, 9.17) is 17.3 Å². The van der Waals surface area contributed by atoms with E-state index in [-0.39, 0.29) is 19.3 Å². The first-order valence-electron chi connectivity index (χ1n) is 8.73. The number of fused-ring (bicyclic) bond motifs is 1. The SMILES string of the molecule is C.NC(=O)[C@H](Cc1cncc(-c2ccc3c(c2)C(Cl)=NC3)c1)c1ccccc1. The maximum absolute atomic E-state index is 12.0. The number of halogens is 1. The molecule has 142 valence electrons. The standard InChI is InChI=1S/C22H18ClN3O.CH4/c23-21-19-10-16(6-7-17(19)13-26-21)18-8-14(11-25-12-18)9-20(22(24)27)15-4-2-1-3-5-15;/h1-8,10-12,20H,9,13H2,(H2,24,27);1H4/t20-;/m1./s1. The number of pyridine rings is 1. The predicted molar refractivity (Wildman–Crippen MR) is 115 cm³/mol. The molecule has 0 spiro atoms. The van der Waals surface area contributed by atoms with Gasteiger partial charge in [0.1, 0.15) is 5.17 Å². The van der Waals surface area contributed by atoms with Crippen LogP contribution in [0.2, 0.25) is 0 Å². The molecule has 4 rings (SSSR count). The van der Waals surface area contributed by atoms with E-state index < -0.39 is 0 Å². The van der Waals surface area contributed by atoms with Gasteiger partial charge in [-0.15, -0.1) is 0 Å². The molecule has 2 heterocycles. The number of nitrogens with two attached hydrogens (primary N) is 1. The summed E-state index contributed by atoms with van der Waals surface area (Å²) in [5, 5.41) is 0.550. The largest absolute Gasteiger partial charge is 0.369 e. The highest BCUT2D eigenvalue weighted by atomic mass is 35.5. The molecule has 0 saturated heterocycles. The van der Waals surface area contributed by atoms with E-state index in [0.29, 0.717) is 18.1 Å². The molecular weight excluding hydrogens is 370 g/mol. The summed E-state index contributed by atoms with van der Waals surface area (Å²) in [5.41, 5.74) is 11.6. The lowest BCUT2D eigenvalue weighted by atomic mass is 9.91. The van der Waals surface area contributed by atoms with Crippen molar-refractivity contribution in [3.8, 4) is 11.1 Å². The van der Waals surface area contributed by atoms with Crippen LogP contribution in [0.4, 0.5) is 0 Å². The van der Waals surface area contributed by atoms with Crippen molar-refractivity contribution in [1.29, 1.82) is 0 Å². The molecule has 4 nitrogen and oxygen atoms in total. The molecule has 2 aromatic carbocycles. The fourth-order valence-electron chi connectivity index (χ4n) is 3.39. The van der Waals surface area contributed by atoms with Crippen LogP contribution in [0.25, 0.3) is 11.1 Å². The molecule has 1 aliphatic rings. The minimum Gasteiger partial charge on any atom is -0.369 e. The summed E-state index contributed by atoms with van der Waals surface area (Å²) in [4.78, 5) is 20.6. The Kier molecular flexibility index (Phi) is 5.90. The van der Waals surface area contributed by atoms with Crippen LogP contribution >= 0.6 is 11.6 Å². The summed E-state index contributed by atoms with van der Waals surface area (Å²) in [6.45, 7) is 0.629. The van der Waals surface area contributed by atoms with Crippen molar-refractivity contribution in [2.24, 2.45) is 10.7 Å². The van der Waals surface area contributed by atoms with Gasteiger partial charge in [0.2, 0.25) is 5.91 Å². The maximum Gasteiger partial charge on any atom is 0.225 e. The molecule has 0 unspecified atom stereocenters. The first kappa shape index (κ1) is 19.8. The monoisotopic (exact) mass is 391 g/mol. The zero-order chi connectivity index (χ0) is 18.8.